The van der Waals surface area contributed by atoms with Gasteiger partial charge in [0.25, 0.3) is 0 Å². The molecule has 0 spiro atoms. The molecule has 2 N–H and O–H groups in total. The number of benzene rings is 2. The van der Waals surface area contributed by atoms with E-state index >= 15 is 0 Å². The molecule has 2 aromatic carbocycles. The minimum absolute atomic E-state index is 0.0255. The van der Waals surface area contributed by atoms with E-state index in [1.807, 2.05) is 31.2 Å². The van der Waals surface area contributed by atoms with Gasteiger partial charge in [-0.05, 0) is 42.9 Å². The van der Waals surface area contributed by atoms with E-state index in [4.69, 9.17) is 17.0 Å². The van der Waals surface area contributed by atoms with Gasteiger partial charge in [0, 0.05) is 12.1 Å². The highest BCUT2D eigenvalue weighted by atomic mass is 32.1. The number of hydrogen-bond donors (Lipinski definition) is 2. The van der Waals surface area contributed by atoms with E-state index in [0.29, 0.717) is 16.2 Å². The second-order valence-corrected chi connectivity index (χ2v) is 6.84. The quantitative estimate of drug-likeness (QED) is 0.527. The van der Waals surface area contributed by atoms with Crippen molar-refractivity contribution in [1.82, 2.24) is 20.1 Å². The van der Waals surface area contributed by atoms with E-state index in [1.54, 1.807) is 10.6 Å². The van der Waals surface area contributed by atoms with Crippen molar-refractivity contribution in [2.45, 2.75) is 26.6 Å². The number of alkyl halides is 2. The molecule has 0 atom stereocenters. The maximum atomic E-state index is 12.5. The van der Waals surface area contributed by atoms with Crippen LogP contribution in [0.1, 0.15) is 11.1 Å². The molecular formula is C20H20F2N4O3S. The molecule has 0 aliphatic heterocycles. The summed E-state index contributed by atoms with van der Waals surface area (Å²) < 4.78 is 36.3. The summed E-state index contributed by atoms with van der Waals surface area (Å²) in [6.45, 7) is -0.836. The molecule has 7 nitrogen and oxygen atoms in total. The highest BCUT2D eigenvalue weighted by Crippen LogP contribution is 2.29. The number of halogens is 2. The topological polar surface area (TPSA) is 81.2 Å². The Balaban J connectivity index is 1.69. The number of carbonyl (C=O) groups excluding carboxylic acids is 1. The number of carbonyl (C=O) groups is 1. The Morgan fingerprint density at radius 2 is 2.07 bits per heavy atom. The third kappa shape index (κ3) is 5.20. The van der Waals surface area contributed by atoms with Crippen LogP contribution in [0.25, 0.3) is 11.4 Å². The number of aromatic nitrogens is 3. The van der Waals surface area contributed by atoms with Crippen LogP contribution in [0.15, 0.2) is 42.5 Å². The van der Waals surface area contributed by atoms with Gasteiger partial charge >= 0.3 is 6.61 Å². The van der Waals surface area contributed by atoms with E-state index in [9.17, 15) is 13.6 Å². The summed E-state index contributed by atoms with van der Waals surface area (Å²) in [5, 5.41) is 9.72. The number of methoxy groups -OCH3 is 1. The number of aryl methyl sites for hydroxylation is 1. The smallest absolute Gasteiger partial charge is 0.387 e. The minimum atomic E-state index is -2.95. The zero-order chi connectivity index (χ0) is 21.7. The third-order valence-electron chi connectivity index (χ3n) is 4.27. The molecule has 0 unspecified atom stereocenters. The van der Waals surface area contributed by atoms with Crippen LogP contribution in [-0.2, 0) is 17.9 Å². The number of aromatic amines is 1. The second-order valence-electron chi connectivity index (χ2n) is 6.45. The van der Waals surface area contributed by atoms with Crippen LogP contribution in [0.5, 0.6) is 11.5 Å². The lowest BCUT2D eigenvalue weighted by molar-refractivity contribution is -0.121. The Kier molecular flexibility index (Phi) is 6.78. The van der Waals surface area contributed by atoms with Crippen molar-refractivity contribution in [3.63, 3.8) is 0 Å². The summed E-state index contributed by atoms with van der Waals surface area (Å²) in [5.74, 6) is 0.359. The first-order valence-corrected chi connectivity index (χ1v) is 9.39. The van der Waals surface area contributed by atoms with Crippen molar-refractivity contribution in [3.05, 3.63) is 58.4 Å². The summed E-state index contributed by atoms with van der Waals surface area (Å²) in [4.78, 5) is 12.5. The third-order valence-corrected chi connectivity index (χ3v) is 4.58. The van der Waals surface area contributed by atoms with Crippen molar-refractivity contribution in [2.75, 3.05) is 7.11 Å². The van der Waals surface area contributed by atoms with Gasteiger partial charge in [0.05, 0.1) is 7.11 Å². The van der Waals surface area contributed by atoms with Gasteiger partial charge in [0.2, 0.25) is 5.91 Å². The van der Waals surface area contributed by atoms with Gasteiger partial charge in [-0.3, -0.25) is 14.5 Å². The van der Waals surface area contributed by atoms with E-state index < -0.39 is 6.61 Å². The Morgan fingerprint density at radius 1 is 1.27 bits per heavy atom. The van der Waals surface area contributed by atoms with Crippen molar-refractivity contribution < 1.29 is 23.0 Å². The van der Waals surface area contributed by atoms with E-state index in [-0.39, 0.29) is 30.5 Å². The molecule has 0 fully saturated rings. The summed E-state index contributed by atoms with van der Waals surface area (Å²) in [5.41, 5.74) is 2.57. The largest absolute Gasteiger partial charge is 0.493 e. The van der Waals surface area contributed by atoms with E-state index in [0.717, 1.165) is 11.1 Å². The molecule has 0 aliphatic rings. The number of ether oxygens (including phenoxy) is 2. The molecule has 1 amide bonds. The first kappa shape index (κ1) is 21.4. The van der Waals surface area contributed by atoms with Crippen LogP contribution >= 0.6 is 12.2 Å². The molecule has 0 radical (unpaired) electrons. The molecule has 0 bridgehead atoms. The maximum absolute atomic E-state index is 12.5. The van der Waals surface area contributed by atoms with Gasteiger partial charge < -0.3 is 14.8 Å². The number of nitrogens with one attached hydrogen (secondary N) is 2. The monoisotopic (exact) mass is 434 g/mol. The highest BCUT2D eigenvalue weighted by molar-refractivity contribution is 7.71. The molecule has 158 valence electrons. The molecule has 0 saturated carbocycles. The average molecular weight is 434 g/mol. The highest BCUT2D eigenvalue weighted by Gasteiger charge is 2.14. The Labute approximate surface area is 176 Å². The summed E-state index contributed by atoms with van der Waals surface area (Å²) in [6, 6.07) is 12.2. The Hall–Kier alpha value is -3.27. The number of amides is 1. The van der Waals surface area contributed by atoms with Crippen LogP contribution in [0.4, 0.5) is 8.78 Å². The van der Waals surface area contributed by atoms with Crippen LogP contribution < -0.4 is 14.8 Å². The van der Waals surface area contributed by atoms with Gasteiger partial charge in [-0.15, -0.1) is 0 Å². The van der Waals surface area contributed by atoms with Gasteiger partial charge in [-0.1, -0.05) is 29.8 Å². The van der Waals surface area contributed by atoms with Crippen LogP contribution in [0, 0.1) is 11.7 Å². The van der Waals surface area contributed by atoms with Crippen molar-refractivity contribution in [3.8, 4) is 22.9 Å². The number of rotatable bonds is 8. The van der Waals surface area contributed by atoms with E-state index in [2.05, 4.69) is 20.3 Å². The molecule has 3 aromatic rings. The minimum Gasteiger partial charge on any atom is -0.493 e. The Bertz CT molecular complexity index is 1100. The van der Waals surface area contributed by atoms with Crippen molar-refractivity contribution >= 4 is 18.1 Å². The predicted molar refractivity (Wildman–Crippen MR) is 109 cm³/mol. The molecule has 3 rings (SSSR count). The number of nitrogens with zero attached hydrogens (tertiary/aromatic N) is 2. The molecule has 0 saturated heterocycles. The molecule has 30 heavy (non-hydrogen) atoms. The van der Waals surface area contributed by atoms with E-state index in [1.165, 1.54) is 19.2 Å². The SMILES string of the molecule is COc1cc(CNC(=O)Cn2c(-c3cccc(C)c3)n[nH]c2=S)ccc1OC(F)F. The summed E-state index contributed by atoms with van der Waals surface area (Å²) in [6.07, 6.45) is 0. The first-order valence-electron chi connectivity index (χ1n) is 8.98. The fraction of sp³-hybridized carbons (Fsp3) is 0.250. The number of H-pyrrole nitrogens is 1. The summed E-state index contributed by atoms with van der Waals surface area (Å²) >= 11 is 5.26. The normalized spacial score (nSPS) is 10.8. The maximum Gasteiger partial charge on any atom is 0.387 e. The molecule has 1 heterocycles. The van der Waals surface area contributed by atoms with Crippen LogP contribution in [0.3, 0.4) is 0 Å². The number of hydrogen-bond acceptors (Lipinski definition) is 5. The van der Waals surface area contributed by atoms with Gasteiger partial charge in [0.15, 0.2) is 22.1 Å². The Morgan fingerprint density at radius 3 is 2.77 bits per heavy atom. The first-order chi connectivity index (χ1) is 14.4. The van der Waals surface area contributed by atoms with Crippen LogP contribution in [-0.4, -0.2) is 34.4 Å². The van der Waals surface area contributed by atoms with Crippen molar-refractivity contribution in [2.24, 2.45) is 0 Å². The fourth-order valence-electron chi connectivity index (χ4n) is 2.88. The molecule has 0 aliphatic carbocycles. The predicted octanol–water partition coefficient (Wildman–Crippen LogP) is 3.84. The zero-order valence-corrected chi connectivity index (χ0v) is 17.1. The lowest BCUT2D eigenvalue weighted by atomic mass is 10.1. The lowest BCUT2D eigenvalue weighted by Crippen LogP contribution is -2.27. The standard InChI is InChI=1S/C20H20F2N4O3S/c1-12-4-3-5-14(8-12)18-24-25-20(30)26(18)11-17(27)23-10-13-6-7-15(29-19(21)22)16(9-13)28-2/h3-9,19H,10-11H2,1-2H3,(H,23,27)(H,25,30). The molecule has 10 heteroatoms. The summed E-state index contributed by atoms with van der Waals surface area (Å²) in [7, 11) is 1.35. The van der Waals surface area contributed by atoms with Gasteiger partial charge in [-0.2, -0.15) is 13.9 Å². The van der Waals surface area contributed by atoms with Crippen molar-refractivity contribution in [1.29, 1.82) is 0 Å². The average Bonchev–Trinajstić information content (AvgIpc) is 3.07. The van der Waals surface area contributed by atoms with Crippen LogP contribution in [0.2, 0.25) is 0 Å². The second kappa shape index (κ2) is 9.49. The van der Waals surface area contributed by atoms with Gasteiger partial charge in [0.1, 0.15) is 6.54 Å². The van der Waals surface area contributed by atoms with Gasteiger partial charge in [-0.25, -0.2) is 0 Å². The zero-order valence-electron chi connectivity index (χ0n) is 16.3. The lowest BCUT2D eigenvalue weighted by Gasteiger charge is -2.12. The molecule has 1 aromatic heterocycles. The molecular weight excluding hydrogens is 414 g/mol. The fourth-order valence-corrected chi connectivity index (χ4v) is 3.08.